The average molecular weight is 363 g/mol. The van der Waals surface area contributed by atoms with Crippen molar-refractivity contribution in [3.63, 3.8) is 0 Å². The first kappa shape index (κ1) is 17.2. The van der Waals surface area contributed by atoms with Gasteiger partial charge in [0, 0.05) is 17.6 Å². The SMILES string of the molecule is Clc1ccc2c(OCC3CCN(CC4CCCCC4)CC3)noc2c1. The Morgan fingerprint density at radius 3 is 2.68 bits per heavy atom. The van der Waals surface area contributed by atoms with Crippen molar-refractivity contribution >= 4 is 22.6 Å². The minimum atomic E-state index is 0.594. The predicted molar refractivity (Wildman–Crippen MR) is 100 cm³/mol. The number of ether oxygens (including phenoxy) is 1. The molecule has 0 radical (unpaired) electrons. The molecule has 1 aliphatic heterocycles. The van der Waals surface area contributed by atoms with Gasteiger partial charge >= 0.3 is 0 Å². The number of aromatic nitrogens is 1. The lowest BCUT2D eigenvalue weighted by molar-refractivity contribution is 0.117. The van der Waals surface area contributed by atoms with E-state index in [-0.39, 0.29) is 0 Å². The highest BCUT2D eigenvalue weighted by atomic mass is 35.5. The van der Waals surface area contributed by atoms with Crippen molar-refractivity contribution in [1.29, 1.82) is 0 Å². The van der Waals surface area contributed by atoms with Crippen molar-refractivity contribution in [2.45, 2.75) is 44.9 Å². The standard InChI is InChI=1S/C20H27ClN2O2/c21-17-6-7-18-19(12-17)25-22-20(18)24-14-16-8-10-23(11-9-16)13-15-4-2-1-3-5-15/h6-7,12,15-16H,1-5,8-11,13-14H2. The molecule has 136 valence electrons. The normalized spacial score (nSPS) is 21.0. The van der Waals surface area contributed by atoms with Crippen molar-refractivity contribution in [2.75, 3.05) is 26.2 Å². The summed E-state index contributed by atoms with van der Waals surface area (Å²) in [5, 5.41) is 5.60. The van der Waals surface area contributed by atoms with E-state index in [4.69, 9.17) is 20.9 Å². The number of hydrogen-bond donors (Lipinski definition) is 0. The second kappa shape index (κ2) is 7.96. The largest absolute Gasteiger partial charge is 0.475 e. The van der Waals surface area contributed by atoms with E-state index in [0.29, 0.717) is 22.4 Å². The Balaban J connectivity index is 1.24. The molecule has 1 saturated carbocycles. The number of benzene rings is 1. The molecule has 0 bridgehead atoms. The molecular formula is C20H27ClN2O2. The van der Waals surface area contributed by atoms with Gasteiger partial charge in [0.1, 0.15) is 0 Å². The molecule has 0 amide bonds. The number of likely N-dealkylation sites (tertiary alicyclic amines) is 1. The van der Waals surface area contributed by atoms with Gasteiger partial charge < -0.3 is 14.2 Å². The Kier molecular flexibility index (Phi) is 5.47. The highest BCUT2D eigenvalue weighted by molar-refractivity contribution is 6.31. The smallest absolute Gasteiger partial charge is 0.262 e. The maximum absolute atomic E-state index is 5.98. The maximum Gasteiger partial charge on any atom is 0.262 e. The zero-order valence-corrected chi connectivity index (χ0v) is 15.5. The second-order valence-corrected chi connectivity index (χ2v) is 8.12. The van der Waals surface area contributed by atoms with Crippen LogP contribution >= 0.6 is 11.6 Å². The van der Waals surface area contributed by atoms with Gasteiger partial charge in [-0.15, -0.1) is 0 Å². The molecule has 0 spiro atoms. The van der Waals surface area contributed by atoms with Crippen molar-refractivity contribution < 1.29 is 9.26 Å². The van der Waals surface area contributed by atoms with Gasteiger partial charge in [0.05, 0.1) is 12.0 Å². The average Bonchev–Trinajstić information content (AvgIpc) is 3.04. The molecule has 1 aliphatic carbocycles. The number of hydrogen-bond acceptors (Lipinski definition) is 4. The quantitative estimate of drug-likeness (QED) is 0.737. The van der Waals surface area contributed by atoms with Crippen LogP contribution in [0, 0.1) is 11.8 Å². The Morgan fingerprint density at radius 1 is 1.08 bits per heavy atom. The van der Waals surface area contributed by atoms with E-state index in [1.54, 1.807) is 6.07 Å². The summed E-state index contributed by atoms with van der Waals surface area (Å²) in [6, 6.07) is 5.54. The third-order valence-electron chi connectivity index (χ3n) is 5.81. The Labute approximate surface area is 154 Å². The van der Waals surface area contributed by atoms with Gasteiger partial charge in [-0.1, -0.05) is 30.9 Å². The molecule has 1 saturated heterocycles. The first-order valence-corrected chi connectivity index (χ1v) is 10.1. The van der Waals surface area contributed by atoms with Gasteiger partial charge in [0.2, 0.25) is 0 Å². The Morgan fingerprint density at radius 2 is 1.88 bits per heavy atom. The zero-order valence-electron chi connectivity index (χ0n) is 14.8. The predicted octanol–water partition coefficient (Wildman–Crippen LogP) is 5.15. The third-order valence-corrected chi connectivity index (χ3v) is 6.04. The van der Waals surface area contributed by atoms with Crippen LogP contribution in [0.5, 0.6) is 5.88 Å². The lowest BCUT2D eigenvalue weighted by Crippen LogP contribution is -2.38. The van der Waals surface area contributed by atoms with E-state index < -0.39 is 0 Å². The zero-order chi connectivity index (χ0) is 17.1. The topological polar surface area (TPSA) is 38.5 Å². The molecule has 1 aromatic heterocycles. The lowest BCUT2D eigenvalue weighted by atomic mass is 9.88. The summed E-state index contributed by atoms with van der Waals surface area (Å²) in [6.45, 7) is 4.45. The number of rotatable bonds is 5. The lowest BCUT2D eigenvalue weighted by Gasteiger charge is -2.35. The van der Waals surface area contributed by atoms with E-state index >= 15 is 0 Å². The monoisotopic (exact) mass is 362 g/mol. The van der Waals surface area contributed by atoms with Crippen LogP contribution in [0.25, 0.3) is 11.0 Å². The number of halogens is 1. The Bertz CT molecular complexity index is 688. The van der Waals surface area contributed by atoms with Gasteiger partial charge in [-0.2, -0.15) is 0 Å². The fraction of sp³-hybridized carbons (Fsp3) is 0.650. The van der Waals surface area contributed by atoms with Crippen molar-refractivity contribution in [3.05, 3.63) is 23.2 Å². The summed E-state index contributed by atoms with van der Waals surface area (Å²) >= 11 is 5.98. The van der Waals surface area contributed by atoms with Crippen LogP contribution in [0.15, 0.2) is 22.7 Å². The molecule has 0 unspecified atom stereocenters. The highest BCUT2D eigenvalue weighted by Crippen LogP contribution is 2.29. The van der Waals surface area contributed by atoms with E-state index in [1.807, 2.05) is 12.1 Å². The van der Waals surface area contributed by atoms with E-state index in [1.165, 1.54) is 64.6 Å². The van der Waals surface area contributed by atoms with Crippen LogP contribution < -0.4 is 4.74 Å². The summed E-state index contributed by atoms with van der Waals surface area (Å²) in [4.78, 5) is 2.67. The first-order valence-electron chi connectivity index (χ1n) is 9.68. The van der Waals surface area contributed by atoms with E-state index in [2.05, 4.69) is 10.1 Å². The number of piperidine rings is 1. The Hall–Kier alpha value is -1.26. The minimum absolute atomic E-state index is 0.594. The van der Waals surface area contributed by atoms with Crippen LogP contribution in [-0.4, -0.2) is 36.3 Å². The molecule has 2 heterocycles. The molecular weight excluding hydrogens is 336 g/mol. The molecule has 5 heteroatoms. The summed E-state index contributed by atoms with van der Waals surface area (Å²) < 4.78 is 11.3. The van der Waals surface area contributed by atoms with Crippen LogP contribution in [0.2, 0.25) is 5.02 Å². The van der Waals surface area contributed by atoms with Crippen LogP contribution in [0.3, 0.4) is 0 Å². The summed E-state index contributed by atoms with van der Waals surface area (Å²) in [6.07, 6.45) is 9.62. The van der Waals surface area contributed by atoms with Gasteiger partial charge in [0.15, 0.2) is 5.58 Å². The van der Waals surface area contributed by atoms with Gasteiger partial charge in [-0.25, -0.2) is 0 Å². The molecule has 4 nitrogen and oxygen atoms in total. The van der Waals surface area contributed by atoms with Crippen LogP contribution in [-0.2, 0) is 0 Å². The van der Waals surface area contributed by atoms with Crippen molar-refractivity contribution in [3.8, 4) is 5.88 Å². The number of nitrogens with zero attached hydrogens (tertiary/aromatic N) is 2. The summed E-state index contributed by atoms with van der Waals surface area (Å²) in [5.41, 5.74) is 0.685. The highest BCUT2D eigenvalue weighted by Gasteiger charge is 2.23. The van der Waals surface area contributed by atoms with E-state index in [0.717, 1.165) is 17.9 Å². The van der Waals surface area contributed by atoms with E-state index in [9.17, 15) is 0 Å². The molecule has 2 aromatic rings. The maximum atomic E-state index is 5.98. The molecule has 1 aromatic carbocycles. The second-order valence-electron chi connectivity index (χ2n) is 7.69. The van der Waals surface area contributed by atoms with Crippen molar-refractivity contribution in [2.24, 2.45) is 11.8 Å². The fourth-order valence-corrected chi connectivity index (χ4v) is 4.42. The van der Waals surface area contributed by atoms with Crippen LogP contribution in [0.4, 0.5) is 0 Å². The summed E-state index contributed by atoms with van der Waals surface area (Å²) in [7, 11) is 0. The van der Waals surface area contributed by atoms with Gasteiger partial charge in [-0.3, -0.25) is 0 Å². The molecule has 2 aliphatic rings. The van der Waals surface area contributed by atoms with Crippen LogP contribution in [0.1, 0.15) is 44.9 Å². The molecule has 2 fully saturated rings. The molecule has 4 rings (SSSR count). The summed E-state index contributed by atoms with van der Waals surface area (Å²) in [5.74, 6) is 2.15. The molecule has 0 N–H and O–H groups in total. The fourth-order valence-electron chi connectivity index (χ4n) is 4.26. The van der Waals surface area contributed by atoms with Gasteiger partial charge in [0.25, 0.3) is 5.88 Å². The minimum Gasteiger partial charge on any atom is -0.475 e. The number of fused-ring (bicyclic) bond motifs is 1. The van der Waals surface area contributed by atoms with Gasteiger partial charge in [-0.05, 0) is 67.9 Å². The first-order chi connectivity index (χ1) is 12.3. The third kappa shape index (κ3) is 4.29. The molecule has 0 atom stereocenters. The van der Waals surface area contributed by atoms with Crippen molar-refractivity contribution in [1.82, 2.24) is 10.1 Å². The molecule has 25 heavy (non-hydrogen) atoms.